The summed E-state index contributed by atoms with van der Waals surface area (Å²) in [6.45, 7) is 1.37. The molecule has 2 rings (SSSR count). The molecule has 80 valence electrons. The lowest BCUT2D eigenvalue weighted by Gasteiger charge is -2.12. The molecule has 1 atom stereocenters. The van der Waals surface area contributed by atoms with Gasteiger partial charge in [-0.2, -0.15) is 0 Å². The van der Waals surface area contributed by atoms with Crippen molar-refractivity contribution in [2.24, 2.45) is 5.73 Å². The molecular formula is C12H16N2O. The molecule has 1 aromatic carbocycles. The Bertz CT molecular complexity index is 335. The topological polar surface area (TPSA) is 47.3 Å². The van der Waals surface area contributed by atoms with Crippen LogP contribution in [0, 0.1) is 0 Å². The zero-order chi connectivity index (χ0) is 10.5. The minimum atomic E-state index is 0.341. The van der Waals surface area contributed by atoms with Gasteiger partial charge in [-0.25, -0.2) is 0 Å². The Morgan fingerprint density at radius 2 is 2.13 bits per heavy atom. The molecule has 0 radical (unpaired) electrons. The van der Waals surface area contributed by atoms with Crippen molar-refractivity contribution >= 4 is 0 Å². The van der Waals surface area contributed by atoms with Crippen molar-refractivity contribution < 1.29 is 4.74 Å². The van der Waals surface area contributed by atoms with Gasteiger partial charge < -0.3 is 15.8 Å². The zero-order valence-corrected chi connectivity index (χ0v) is 8.65. The maximum Gasteiger partial charge on any atom is 0.0922 e. The van der Waals surface area contributed by atoms with E-state index in [2.05, 4.69) is 17.4 Å². The quantitative estimate of drug-likeness (QED) is 0.778. The van der Waals surface area contributed by atoms with Crippen LogP contribution in [0.15, 0.2) is 42.2 Å². The van der Waals surface area contributed by atoms with E-state index in [-0.39, 0.29) is 0 Å². The molecule has 0 spiro atoms. The second-order valence-corrected chi connectivity index (χ2v) is 3.74. The molecule has 0 aliphatic carbocycles. The van der Waals surface area contributed by atoms with Crippen LogP contribution in [0.3, 0.4) is 0 Å². The van der Waals surface area contributed by atoms with E-state index in [1.807, 2.05) is 24.3 Å². The van der Waals surface area contributed by atoms with Gasteiger partial charge in [0.2, 0.25) is 0 Å². The second kappa shape index (κ2) is 4.84. The molecule has 3 heteroatoms. The van der Waals surface area contributed by atoms with Crippen LogP contribution in [0.2, 0.25) is 0 Å². The van der Waals surface area contributed by atoms with E-state index in [4.69, 9.17) is 10.5 Å². The lowest BCUT2D eigenvalue weighted by Crippen LogP contribution is -2.30. The first-order valence-electron chi connectivity index (χ1n) is 5.18. The number of benzene rings is 1. The molecule has 1 aromatic rings. The molecule has 0 aromatic heterocycles. The Balaban J connectivity index is 1.68. The van der Waals surface area contributed by atoms with Crippen LogP contribution >= 0.6 is 0 Å². The third kappa shape index (κ3) is 2.99. The molecule has 0 fully saturated rings. The van der Waals surface area contributed by atoms with E-state index in [0.717, 1.165) is 12.2 Å². The third-order valence-corrected chi connectivity index (χ3v) is 2.42. The summed E-state index contributed by atoms with van der Waals surface area (Å²) < 4.78 is 5.60. The fourth-order valence-electron chi connectivity index (χ4n) is 1.63. The molecule has 1 heterocycles. The number of ether oxygens (including phenoxy) is 1. The van der Waals surface area contributed by atoms with Gasteiger partial charge in [0.05, 0.1) is 25.1 Å². The summed E-state index contributed by atoms with van der Waals surface area (Å²) in [5.74, 6) is 0.767. The van der Waals surface area contributed by atoms with Crippen molar-refractivity contribution in [1.29, 1.82) is 0 Å². The normalized spacial score (nSPS) is 19.7. The number of hydrogen-bond acceptors (Lipinski definition) is 3. The first kappa shape index (κ1) is 10.1. The lowest BCUT2D eigenvalue weighted by atomic mass is 10.2. The second-order valence-electron chi connectivity index (χ2n) is 3.74. The highest BCUT2D eigenvalue weighted by Gasteiger charge is 2.13. The molecule has 0 unspecified atom stereocenters. The number of nitrogens with two attached hydrogens (primary N) is 1. The van der Waals surface area contributed by atoms with Gasteiger partial charge in [0.1, 0.15) is 0 Å². The predicted molar refractivity (Wildman–Crippen MR) is 59.9 cm³/mol. The van der Waals surface area contributed by atoms with Crippen LogP contribution in [0.5, 0.6) is 0 Å². The van der Waals surface area contributed by atoms with E-state index in [0.29, 0.717) is 19.3 Å². The molecule has 3 N–H and O–H groups in total. The van der Waals surface area contributed by atoms with Crippen LogP contribution in [-0.2, 0) is 11.3 Å². The summed E-state index contributed by atoms with van der Waals surface area (Å²) in [4.78, 5) is 0. The van der Waals surface area contributed by atoms with E-state index in [9.17, 15) is 0 Å². The fourth-order valence-corrected chi connectivity index (χ4v) is 1.63. The van der Waals surface area contributed by atoms with Crippen molar-refractivity contribution in [3.05, 3.63) is 47.8 Å². The minimum absolute atomic E-state index is 0.341. The van der Waals surface area contributed by atoms with Gasteiger partial charge in [-0.15, -0.1) is 0 Å². The van der Waals surface area contributed by atoms with Gasteiger partial charge in [-0.05, 0) is 18.1 Å². The van der Waals surface area contributed by atoms with E-state index < -0.39 is 0 Å². The Morgan fingerprint density at radius 3 is 2.80 bits per heavy atom. The van der Waals surface area contributed by atoms with Gasteiger partial charge in [-0.3, -0.25) is 0 Å². The first-order chi connectivity index (χ1) is 7.34. The molecular weight excluding hydrogens is 188 g/mol. The molecule has 0 amide bonds. The van der Waals surface area contributed by atoms with Crippen LogP contribution in [0.1, 0.15) is 12.0 Å². The standard InChI is InChI=1S/C12H16N2O/c13-12-7-6-11(14-12)9-15-8-10-4-2-1-3-5-10/h1-5,7,11,14H,6,8-9,13H2/t11-/m0/s1. The van der Waals surface area contributed by atoms with Crippen molar-refractivity contribution in [3.63, 3.8) is 0 Å². The smallest absolute Gasteiger partial charge is 0.0922 e. The Kier molecular flexibility index (Phi) is 3.25. The SMILES string of the molecule is NC1=CC[C@@H](COCc2ccccc2)N1. The highest BCUT2D eigenvalue weighted by molar-refractivity contribution is 5.13. The molecule has 1 aliphatic rings. The average molecular weight is 204 g/mol. The van der Waals surface area contributed by atoms with E-state index >= 15 is 0 Å². The van der Waals surface area contributed by atoms with Crippen LogP contribution in [0.25, 0.3) is 0 Å². The van der Waals surface area contributed by atoms with Crippen LogP contribution in [-0.4, -0.2) is 12.6 Å². The van der Waals surface area contributed by atoms with E-state index in [1.54, 1.807) is 0 Å². The van der Waals surface area contributed by atoms with Gasteiger partial charge in [0, 0.05) is 0 Å². The molecule has 15 heavy (non-hydrogen) atoms. The maximum atomic E-state index is 5.60. The largest absolute Gasteiger partial charge is 0.386 e. The summed E-state index contributed by atoms with van der Waals surface area (Å²) in [5.41, 5.74) is 6.81. The maximum absolute atomic E-state index is 5.60. The minimum Gasteiger partial charge on any atom is -0.386 e. The predicted octanol–water partition coefficient (Wildman–Crippen LogP) is 1.37. The highest BCUT2D eigenvalue weighted by Crippen LogP contribution is 2.07. The first-order valence-corrected chi connectivity index (χ1v) is 5.18. The van der Waals surface area contributed by atoms with Crippen LogP contribution in [0.4, 0.5) is 0 Å². The Hall–Kier alpha value is -1.48. The Labute approximate surface area is 89.9 Å². The molecule has 1 aliphatic heterocycles. The highest BCUT2D eigenvalue weighted by atomic mass is 16.5. The fraction of sp³-hybridized carbons (Fsp3) is 0.333. The summed E-state index contributed by atoms with van der Waals surface area (Å²) in [5, 5.41) is 3.15. The summed E-state index contributed by atoms with van der Waals surface area (Å²) in [6, 6.07) is 10.5. The van der Waals surface area contributed by atoms with Gasteiger partial charge >= 0.3 is 0 Å². The summed E-state index contributed by atoms with van der Waals surface area (Å²) in [6.07, 6.45) is 2.96. The van der Waals surface area contributed by atoms with Crippen molar-refractivity contribution in [2.45, 2.75) is 19.1 Å². The summed E-state index contributed by atoms with van der Waals surface area (Å²) >= 11 is 0. The lowest BCUT2D eigenvalue weighted by molar-refractivity contribution is 0.104. The van der Waals surface area contributed by atoms with E-state index in [1.165, 1.54) is 5.56 Å². The van der Waals surface area contributed by atoms with Gasteiger partial charge in [0.25, 0.3) is 0 Å². The number of hydrogen-bond donors (Lipinski definition) is 2. The van der Waals surface area contributed by atoms with Crippen molar-refractivity contribution in [3.8, 4) is 0 Å². The number of nitrogens with one attached hydrogen (secondary N) is 1. The van der Waals surface area contributed by atoms with Crippen molar-refractivity contribution in [2.75, 3.05) is 6.61 Å². The summed E-state index contributed by atoms with van der Waals surface area (Å²) in [7, 11) is 0. The average Bonchev–Trinajstić information content (AvgIpc) is 2.66. The number of rotatable bonds is 4. The third-order valence-electron chi connectivity index (χ3n) is 2.42. The Morgan fingerprint density at radius 1 is 1.33 bits per heavy atom. The van der Waals surface area contributed by atoms with Gasteiger partial charge in [-0.1, -0.05) is 30.3 Å². The van der Waals surface area contributed by atoms with Crippen LogP contribution < -0.4 is 11.1 Å². The monoisotopic (exact) mass is 204 g/mol. The van der Waals surface area contributed by atoms with Crippen molar-refractivity contribution in [1.82, 2.24) is 5.32 Å². The molecule has 0 bridgehead atoms. The zero-order valence-electron chi connectivity index (χ0n) is 8.65. The molecule has 0 saturated carbocycles. The van der Waals surface area contributed by atoms with Gasteiger partial charge in [0.15, 0.2) is 0 Å². The molecule has 0 saturated heterocycles. The molecule has 3 nitrogen and oxygen atoms in total.